The van der Waals surface area contributed by atoms with E-state index < -0.39 is 0 Å². The van der Waals surface area contributed by atoms with Crippen LogP contribution in [0, 0.1) is 0 Å². The Kier molecular flexibility index (Phi) is 5.42. The molecule has 2 rings (SSSR count). The maximum Gasteiger partial charge on any atom is 0.0594 e. The number of rotatable bonds is 7. The molecule has 2 atom stereocenters. The van der Waals surface area contributed by atoms with Crippen LogP contribution in [0.15, 0.2) is 0 Å². The van der Waals surface area contributed by atoms with E-state index in [1.165, 1.54) is 25.7 Å². The molecule has 1 N–H and O–H groups in total. The van der Waals surface area contributed by atoms with Gasteiger partial charge in [0, 0.05) is 31.2 Å². The maximum atomic E-state index is 5.73. The Morgan fingerprint density at radius 1 is 1.17 bits per heavy atom. The second-order valence-corrected chi connectivity index (χ2v) is 6.00. The Morgan fingerprint density at radius 2 is 1.83 bits per heavy atom. The van der Waals surface area contributed by atoms with Crippen molar-refractivity contribution in [2.75, 3.05) is 47.4 Å². The van der Waals surface area contributed by atoms with Crippen molar-refractivity contribution in [3.8, 4) is 0 Å². The fourth-order valence-electron chi connectivity index (χ4n) is 3.39. The molecule has 4 heteroatoms. The van der Waals surface area contributed by atoms with Gasteiger partial charge in [-0.15, -0.1) is 0 Å². The minimum atomic E-state index is 0.744. The van der Waals surface area contributed by atoms with Crippen molar-refractivity contribution in [3.63, 3.8) is 0 Å². The van der Waals surface area contributed by atoms with Crippen molar-refractivity contribution in [2.24, 2.45) is 0 Å². The Hall–Kier alpha value is -0.160. The average molecular weight is 255 g/mol. The maximum absolute atomic E-state index is 5.73. The van der Waals surface area contributed by atoms with Gasteiger partial charge in [-0.1, -0.05) is 0 Å². The van der Waals surface area contributed by atoms with Crippen LogP contribution in [0.2, 0.25) is 0 Å². The molecule has 0 aromatic carbocycles. The lowest BCUT2D eigenvalue weighted by molar-refractivity contribution is 0.0548. The summed E-state index contributed by atoms with van der Waals surface area (Å²) in [5, 5.41) is 3.45. The number of hydrogen-bond acceptors (Lipinski definition) is 4. The van der Waals surface area contributed by atoms with E-state index in [0.717, 1.165) is 44.4 Å². The molecule has 18 heavy (non-hydrogen) atoms. The van der Waals surface area contributed by atoms with E-state index in [4.69, 9.17) is 4.74 Å². The molecule has 2 unspecified atom stereocenters. The van der Waals surface area contributed by atoms with E-state index in [-0.39, 0.29) is 0 Å². The van der Waals surface area contributed by atoms with Gasteiger partial charge in [0.25, 0.3) is 0 Å². The van der Waals surface area contributed by atoms with E-state index in [1.54, 1.807) is 0 Å². The standard InChI is InChI=1S/C14H29N3O/c1-15-12-10-13-4-5-14(11-12)17(13)7-9-18-8-6-16(2)3/h12-15H,4-11H2,1-3H3. The molecule has 2 fully saturated rings. The minimum Gasteiger partial charge on any atom is -0.379 e. The molecule has 0 radical (unpaired) electrons. The number of nitrogens with one attached hydrogen (secondary N) is 1. The second-order valence-electron chi connectivity index (χ2n) is 6.00. The van der Waals surface area contributed by atoms with Gasteiger partial charge in [0.15, 0.2) is 0 Å². The highest BCUT2D eigenvalue weighted by Gasteiger charge is 2.39. The molecule has 2 bridgehead atoms. The van der Waals surface area contributed by atoms with Crippen molar-refractivity contribution in [3.05, 3.63) is 0 Å². The van der Waals surface area contributed by atoms with Crippen LogP contribution in [0.1, 0.15) is 25.7 Å². The van der Waals surface area contributed by atoms with E-state index >= 15 is 0 Å². The Bertz CT molecular complexity index is 233. The van der Waals surface area contributed by atoms with Crippen molar-refractivity contribution in [1.29, 1.82) is 0 Å². The largest absolute Gasteiger partial charge is 0.379 e. The molecule has 2 saturated heterocycles. The molecule has 0 aromatic heterocycles. The first-order chi connectivity index (χ1) is 8.70. The fourth-order valence-corrected chi connectivity index (χ4v) is 3.39. The zero-order valence-corrected chi connectivity index (χ0v) is 12.2. The van der Waals surface area contributed by atoms with Gasteiger partial charge in [-0.2, -0.15) is 0 Å². The molecule has 0 spiro atoms. The predicted molar refractivity (Wildman–Crippen MR) is 75.0 cm³/mol. The zero-order chi connectivity index (χ0) is 13.0. The topological polar surface area (TPSA) is 27.7 Å². The lowest BCUT2D eigenvalue weighted by atomic mass is 9.97. The second kappa shape index (κ2) is 6.85. The molecule has 0 saturated carbocycles. The summed E-state index contributed by atoms with van der Waals surface area (Å²) < 4.78 is 5.73. The number of hydrogen-bond donors (Lipinski definition) is 1. The van der Waals surface area contributed by atoms with Gasteiger partial charge in [0.05, 0.1) is 13.2 Å². The molecule has 2 aliphatic rings. The number of ether oxygens (including phenoxy) is 1. The highest BCUT2D eigenvalue weighted by Crippen LogP contribution is 2.35. The van der Waals surface area contributed by atoms with E-state index in [2.05, 4.69) is 36.3 Å². The number of nitrogens with zero attached hydrogens (tertiary/aromatic N) is 2. The third-order valence-corrected chi connectivity index (χ3v) is 4.47. The van der Waals surface area contributed by atoms with Crippen LogP contribution in [-0.4, -0.2) is 75.4 Å². The number of fused-ring (bicyclic) bond motifs is 2. The number of piperidine rings is 1. The van der Waals surface area contributed by atoms with Gasteiger partial charge in [-0.25, -0.2) is 0 Å². The van der Waals surface area contributed by atoms with Crippen LogP contribution in [0.5, 0.6) is 0 Å². The first-order valence-corrected chi connectivity index (χ1v) is 7.36. The monoisotopic (exact) mass is 255 g/mol. The molecule has 4 nitrogen and oxygen atoms in total. The quantitative estimate of drug-likeness (QED) is 0.681. The van der Waals surface area contributed by atoms with Crippen LogP contribution in [-0.2, 0) is 4.74 Å². The lowest BCUT2D eigenvalue weighted by Crippen LogP contribution is -2.49. The van der Waals surface area contributed by atoms with Crippen LogP contribution in [0.4, 0.5) is 0 Å². The Balaban J connectivity index is 1.65. The summed E-state index contributed by atoms with van der Waals surface area (Å²) in [6.45, 7) is 3.90. The van der Waals surface area contributed by atoms with Gasteiger partial charge >= 0.3 is 0 Å². The zero-order valence-electron chi connectivity index (χ0n) is 12.2. The molecule has 2 aliphatic heterocycles. The summed E-state index contributed by atoms with van der Waals surface area (Å²) in [5.41, 5.74) is 0. The van der Waals surface area contributed by atoms with E-state index in [1.807, 2.05) is 0 Å². The molecule has 0 aromatic rings. The molecular formula is C14H29N3O. The fraction of sp³-hybridized carbons (Fsp3) is 1.00. The first kappa shape index (κ1) is 14.3. The van der Waals surface area contributed by atoms with Gasteiger partial charge in [0.2, 0.25) is 0 Å². The van der Waals surface area contributed by atoms with Crippen molar-refractivity contribution < 1.29 is 4.74 Å². The smallest absolute Gasteiger partial charge is 0.0594 e. The van der Waals surface area contributed by atoms with Gasteiger partial charge < -0.3 is 15.0 Å². The van der Waals surface area contributed by atoms with Crippen LogP contribution in [0.3, 0.4) is 0 Å². The summed E-state index contributed by atoms with van der Waals surface area (Å²) >= 11 is 0. The van der Waals surface area contributed by atoms with Crippen molar-refractivity contribution in [2.45, 2.75) is 43.8 Å². The average Bonchev–Trinajstić information content (AvgIpc) is 2.60. The molecular weight excluding hydrogens is 226 g/mol. The third-order valence-electron chi connectivity index (χ3n) is 4.47. The Morgan fingerprint density at radius 3 is 2.39 bits per heavy atom. The van der Waals surface area contributed by atoms with Crippen LogP contribution in [0.25, 0.3) is 0 Å². The SMILES string of the molecule is CNC1CC2CCC(C1)N2CCOCCN(C)C. The minimum absolute atomic E-state index is 0.744. The summed E-state index contributed by atoms with van der Waals surface area (Å²) in [6.07, 6.45) is 5.43. The predicted octanol–water partition coefficient (Wildman–Crippen LogP) is 0.779. The summed E-state index contributed by atoms with van der Waals surface area (Å²) in [6, 6.07) is 2.35. The third kappa shape index (κ3) is 3.67. The highest BCUT2D eigenvalue weighted by molar-refractivity contribution is 4.96. The molecule has 0 aliphatic carbocycles. The first-order valence-electron chi connectivity index (χ1n) is 7.36. The van der Waals surface area contributed by atoms with Crippen molar-refractivity contribution >= 4 is 0 Å². The summed E-state index contributed by atoms with van der Waals surface area (Å²) in [4.78, 5) is 4.87. The number of likely N-dealkylation sites (N-methyl/N-ethyl adjacent to an activating group) is 1. The Labute approximate surface area is 112 Å². The normalized spacial score (nSPS) is 32.3. The van der Waals surface area contributed by atoms with Crippen LogP contribution >= 0.6 is 0 Å². The molecule has 106 valence electrons. The van der Waals surface area contributed by atoms with Crippen molar-refractivity contribution in [1.82, 2.24) is 15.1 Å². The van der Waals surface area contributed by atoms with Gasteiger partial charge in [-0.3, -0.25) is 4.90 Å². The summed E-state index contributed by atoms with van der Waals surface area (Å²) in [7, 11) is 6.28. The van der Waals surface area contributed by atoms with E-state index in [0.29, 0.717) is 0 Å². The lowest BCUT2D eigenvalue weighted by Gasteiger charge is -2.38. The summed E-state index contributed by atoms with van der Waals surface area (Å²) in [5.74, 6) is 0. The molecule has 0 amide bonds. The van der Waals surface area contributed by atoms with E-state index in [9.17, 15) is 0 Å². The van der Waals surface area contributed by atoms with Gasteiger partial charge in [-0.05, 0) is 46.8 Å². The van der Waals surface area contributed by atoms with Crippen LogP contribution < -0.4 is 5.32 Å². The molecule has 2 heterocycles. The highest BCUT2D eigenvalue weighted by atomic mass is 16.5. The van der Waals surface area contributed by atoms with Gasteiger partial charge in [0.1, 0.15) is 0 Å².